The van der Waals surface area contributed by atoms with E-state index in [0.717, 1.165) is 13.1 Å². The molecule has 2 nitrogen and oxygen atoms in total. The van der Waals surface area contributed by atoms with Crippen LogP contribution in [0.3, 0.4) is 0 Å². The standard InChI is InChI=1S/C10H18N2/c1-10(2)4-3-7-12(8-5-10)9-6-11/h3-5,7-9H2,1-2H3. The maximum Gasteiger partial charge on any atom is 0.0865 e. The summed E-state index contributed by atoms with van der Waals surface area (Å²) >= 11 is 0. The highest BCUT2D eigenvalue weighted by molar-refractivity contribution is 4.81. The van der Waals surface area contributed by atoms with Crippen LogP contribution in [0.25, 0.3) is 0 Å². The highest BCUT2D eigenvalue weighted by atomic mass is 15.1. The molecule has 1 heterocycles. The molecule has 0 aromatic rings. The maximum atomic E-state index is 8.55. The van der Waals surface area contributed by atoms with Gasteiger partial charge in [0.15, 0.2) is 0 Å². The second-order valence-corrected chi connectivity index (χ2v) is 4.45. The van der Waals surface area contributed by atoms with Crippen LogP contribution in [0.2, 0.25) is 0 Å². The molecule has 0 atom stereocenters. The van der Waals surface area contributed by atoms with E-state index in [2.05, 4.69) is 24.8 Å². The van der Waals surface area contributed by atoms with Crippen molar-refractivity contribution in [3.8, 4) is 6.07 Å². The average Bonchev–Trinajstić information content (AvgIpc) is 2.14. The van der Waals surface area contributed by atoms with Crippen molar-refractivity contribution < 1.29 is 0 Å². The third-order valence-electron chi connectivity index (χ3n) is 2.73. The second-order valence-electron chi connectivity index (χ2n) is 4.45. The zero-order valence-corrected chi connectivity index (χ0v) is 8.14. The van der Waals surface area contributed by atoms with Crippen LogP contribution in [0.1, 0.15) is 33.1 Å². The number of nitriles is 1. The Hall–Kier alpha value is -0.550. The monoisotopic (exact) mass is 166 g/mol. The van der Waals surface area contributed by atoms with Gasteiger partial charge in [-0.15, -0.1) is 0 Å². The molecule has 0 radical (unpaired) electrons. The van der Waals surface area contributed by atoms with Gasteiger partial charge in [-0.1, -0.05) is 13.8 Å². The fraction of sp³-hybridized carbons (Fsp3) is 0.900. The Morgan fingerprint density at radius 1 is 1.33 bits per heavy atom. The fourth-order valence-corrected chi connectivity index (χ4v) is 1.74. The molecule has 0 N–H and O–H groups in total. The van der Waals surface area contributed by atoms with Gasteiger partial charge in [0.05, 0.1) is 12.6 Å². The summed E-state index contributed by atoms with van der Waals surface area (Å²) in [5, 5.41) is 8.55. The molecule has 12 heavy (non-hydrogen) atoms. The summed E-state index contributed by atoms with van der Waals surface area (Å²) in [4.78, 5) is 2.26. The zero-order valence-electron chi connectivity index (χ0n) is 8.14. The minimum atomic E-state index is 0.490. The average molecular weight is 166 g/mol. The van der Waals surface area contributed by atoms with Crippen LogP contribution >= 0.6 is 0 Å². The van der Waals surface area contributed by atoms with Gasteiger partial charge >= 0.3 is 0 Å². The van der Waals surface area contributed by atoms with E-state index in [1.165, 1.54) is 19.3 Å². The Morgan fingerprint density at radius 2 is 2.08 bits per heavy atom. The quantitative estimate of drug-likeness (QED) is 0.557. The van der Waals surface area contributed by atoms with Crippen LogP contribution < -0.4 is 0 Å². The minimum absolute atomic E-state index is 0.490. The number of hydrogen-bond donors (Lipinski definition) is 0. The predicted octanol–water partition coefficient (Wildman–Crippen LogP) is 2.02. The molecule has 1 aliphatic heterocycles. The zero-order chi connectivity index (χ0) is 9.03. The van der Waals surface area contributed by atoms with E-state index >= 15 is 0 Å². The van der Waals surface area contributed by atoms with E-state index in [9.17, 15) is 0 Å². The van der Waals surface area contributed by atoms with Crippen LogP contribution in [0, 0.1) is 16.7 Å². The highest BCUT2D eigenvalue weighted by Crippen LogP contribution is 2.29. The van der Waals surface area contributed by atoms with Gasteiger partial charge in [0.2, 0.25) is 0 Å². The van der Waals surface area contributed by atoms with Crippen LogP contribution in [0.15, 0.2) is 0 Å². The number of nitrogens with zero attached hydrogens (tertiary/aromatic N) is 2. The SMILES string of the molecule is CC1(C)CCCN(CC#N)CC1. The van der Waals surface area contributed by atoms with Gasteiger partial charge in [-0.2, -0.15) is 5.26 Å². The van der Waals surface area contributed by atoms with Crippen molar-refractivity contribution in [1.29, 1.82) is 5.26 Å². The second kappa shape index (κ2) is 3.91. The minimum Gasteiger partial charge on any atom is -0.291 e. The van der Waals surface area contributed by atoms with E-state index in [1.807, 2.05) is 0 Å². The van der Waals surface area contributed by atoms with Gasteiger partial charge in [-0.3, -0.25) is 4.90 Å². The lowest BCUT2D eigenvalue weighted by molar-refractivity contribution is 0.283. The highest BCUT2D eigenvalue weighted by Gasteiger charge is 2.22. The first-order valence-corrected chi connectivity index (χ1v) is 4.73. The summed E-state index contributed by atoms with van der Waals surface area (Å²) in [7, 11) is 0. The first-order valence-electron chi connectivity index (χ1n) is 4.73. The van der Waals surface area contributed by atoms with Crippen LogP contribution in [-0.4, -0.2) is 24.5 Å². The molecule has 2 heteroatoms. The number of likely N-dealkylation sites (tertiary alicyclic amines) is 1. The summed E-state index contributed by atoms with van der Waals surface area (Å²) in [6, 6.07) is 2.22. The molecule has 1 fully saturated rings. The first-order chi connectivity index (χ1) is 5.64. The van der Waals surface area contributed by atoms with E-state index < -0.39 is 0 Å². The molecule has 0 unspecified atom stereocenters. The Balaban J connectivity index is 2.40. The summed E-state index contributed by atoms with van der Waals surface area (Å²) in [5.74, 6) is 0. The van der Waals surface area contributed by atoms with Gasteiger partial charge in [0.25, 0.3) is 0 Å². The van der Waals surface area contributed by atoms with Crippen molar-refractivity contribution in [2.75, 3.05) is 19.6 Å². The third-order valence-corrected chi connectivity index (χ3v) is 2.73. The van der Waals surface area contributed by atoms with Gasteiger partial charge in [-0.25, -0.2) is 0 Å². The largest absolute Gasteiger partial charge is 0.291 e. The molecule has 1 saturated heterocycles. The van der Waals surface area contributed by atoms with Crippen molar-refractivity contribution in [2.24, 2.45) is 5.41 Å². The van der Waals surface area contributed by atoms with E-state index in [-0.39, 0.29) is 0 Å². The van der Waals surface area contributed by atoms with Gasteiger partial charge < -0.3 is 0 Å². The Morgan fingerprint density at radius 3 is 2.75 bits per heavy atom. The van der Waals surface area contributed by atoms with Crippen molar-refractivity contribution in [1.82, 2.24) is 4.90 Å². The summed E-state index contributed by atoms with van der Waals surface area (Å²) < 4.78 is 0. The molecular weight excluding hydrogens is 148 g/mol. The molecule has 0 aromatic carbocycles. The van der Waals surface area contributed by atoms with E-state index in [0.29, 0.717) is 12.0 Å². The lowest BCUT2D eigenvalue weighted by atomic mass is 9.85. The molecule has 0 bridgehead atoms. The number of hydrogen-bond acceptors (Lipinski definition) is 2. The molecule has 1 aliphatic rings. The van der Waals surface area contributed by atoms with Crippen molar-refractivity contribution in [3.05, 3.63) is 0 Å². The Bertz CT molecular complexity index is 179. The maximum absolute atomic E-state index is 8.55. The first kappa shape index (κ1) is 9.54. The van der Waals surface area contributed by atoms with Gasteiger partial charge in [0.1, 0.15) is 0 Å². The molecule has 1 rings (SSSR count). The van der Waals surface area contributed by atoms with E-state index in [4.69, 9.17) is 5.26 Å². The van der Waals surface area contributed by atoms with Gasteiger partial charge in [0, 0.05) is 0 Å². The van der Waals surface area contributed by atoms with Crippen LogP contribution in [0.4, 0.5) is 0 Å². The molecular formula is C10H18N2. The van der Waals surface area contributed by atoms with Crippen molar-refractivity contribution in [3.63, 3.8) is 0 Å². The van der Waals surface area contributed by atoms with E-state index in [1.54, 1.807) is 0 Å². The smallest absolute Gasteiger partial charge is 0.0865 e. The normalized spacial score (nSPS) is 24.4. The fourth-order valence-electron chi connectivity index (χ4n) is 1.74. The number of rotatable bonds is 1. The molecule has 0 amide bonds. The van der Waals surface area contributed by atoms with Crippen molar-refractivity contribution >= 4 is 0 Å². The molecule has 0 saturated carbocycles. The molecule has 0 spiro atoms. The lowest BCUT2D eigenvalue weighted by Crippen LogP contribution is -2.25. The Kier molecular flexibility index (Phi) is 3.11. The predicted molar refractivity (Wildman–Crippen MR) is 49.7 cm³/mol. The van der Waals surface area contributed by atoms with Crippen LogP contribution in [-0.2, 0) is 0 Å². The topological polar surface area (TPSA) is 27.0 Å². The van der Waals surface area contributed by atoms with Gasteiger partial charge in [-0.05, 0) is 37.8 Å². The molecule has 0 aliphatic carbocycles. The molecule has 68 valence electrons. The van der Waals surface area contributed by atoms with Crippen LogP contribution in [0.5, 0.6) is 0 Å². The summed E-state index contributed by atoms with van der Waals surface area (Å²) in [5.41, 5.74) is 0.490. The Labute approximate surface area is 75.2 Å². The summed E-state index contributed by atoms with van der Waals surface area (Å²) in [6.45, 7) is 7.46. The molecule has 0 aromatic heterocycles. The lowest BCUT2D eigenvalue weighted by Gasteiger charge is -2.21. The van der Waals surface area contributed by atoms with Crippen molar-refractivity contribution in [2.45, 2.75) is 33.1 Å². The summed E-state index contributed by atoms with van der Waals surface area (Å²) in [6.07, 6.45) is 3.78. The third kappa shape index (κ3) is 2.83.